The number of aromatic nitrogens is 2. The molecular weight excluding hydrogens is 371 g/mol. The van der Waals surface area contributed by atoms with Gasteiger partial charge in [0.15, 0.2) is 5.82 Å². The molecule has 28 heavy (non-hydrogen) atoms. The lowest BCUT2D eigenvalue weighted by Crippen LogP contribution is -2.43. The fourth-order valence-electron chi connectivity index (χ4n) is 3.20. The Hall–Kier alpha value is -3.62. The van der Waals surface area contributed by atoms with Crippen molar-refractivity contribution < 1.29 is 18.0 Å². The van der Waals surface area contributed by atoms with Gasteiger partial charge in [-0.3, -0.25) is 0 Å². The van der Waals surface area contributed by atoms with E-state index in [4.69, 9.17) is 5.73 Å². The van der Waals surface area contributed by atoms with Gasteiger partial charge in [-0.25, -0.2) is 27.8 Å². The molecule has 2 heterocycles. The number of aryl methyl sites for hydroxylation is 1. The van der Waals surface area contributed by atoms with Crippen LogP contribution in [0, 0.1) is 24.4 Å². The lowest BCUT2D eigenvalue weighted by Gasteiger charge is -2.30. The zero-order chi connectivity index (χ0) is 20.0. The molecule has 0 spiro atoms. The number of carbonyl (C=O) groups excluding carboxylic acids is 1. The zero-order valence-electron chi connectivity index (χ0n) is 14.6. The highest BCUT2D eigenvalue weighted by molar-refractivity contribution is 6.02. The van der Waals surface area contributed by atoms with Crippen LogP contribution in [0.1, 0.15) is 11.1 Å². The number of fused-ring (bicyclic) bond motifs is 1. The lowest BCUT2D eigenvalue weighted by molar-refractivity contribution is 0.246. The molecule has 0 unspecified atom stereocenters. The summed E-state index contributed by atoms with van der Waals surface area (Å²) in [6.07, 6.45) is 0. The summed E-state index contributed by atoms with van der Waals surface area (Å²) in [4.78, 5) is 21.5. The van der Waals surface area contributed by atoms with Crippen LogP contribution in [0.25, 0.3) is 11.3 Å². The van der Waals surface area contributed by atoms with Crippen LogP contribution >= 0.6 is 0 Å². The van der Waals surface area contributed by atoms with Crippen molar-refractivity contribution >= 4 is 23.5 Å². The van der Waals surface area contributed by atoms with Crippen molar-refractivity contribution in [2.75, 3.05) is 10.6 Å². The second kappa shape index (κ2) is 6.52. The zero-order valence-corrected chi connectivity index (χ0v) is 14.6. The van der Waals surface area contributed by atoms with E-state index >= 15 is 0 Å². The summed E-state index contributed by atoms with van der Waals surface area (Å²) < 4.78 is 42.2. The molecule has 0 fully saturated rings. The minimum atomic E-state index is -0.931. The number of nitrogen functional groups attached to an aromatic ring is 1. The van der Waals surface area contributed by atoms with Crippen molar-refractivity contribution in [2.45, 2.75) is 13.5 Å². The molecule has 4 rings (SSSR count). The number of benzene rings is 2. The van der Waals surface area contributed by atoms with Crippen LogP contribution in [-0.2, 0) is 6.54 Å². The minimum Gasteiger partial charge on any atom is -0.368 e. The van der Waals surface area contributed by atoms with Gasteiger partial charge < -0.3 is 11.1 Å². The van der Waals surface area contributed by atoms with E-state index in [1.807, 2.05) is 0 Å². The molecule has 0 saturated heterocycles. The molecule has 0 aliphatic carbocycles. The van der Waals surface area contributed by atoms with Gasteiger partial charge in [-0.2, -0.15) is 4.98 Å². The van der Waals surface area contributed by atoms with Gasteiger partial charge in [-0.05, 0) is 42.8 Å². The Bertz CT molecular complexity index is 1100. The lowest BCUT2D eigenvalue weighted by atomic mass is 10.00. The number of hydrogen-bond acceptors (Lipinski definition) is 4. The van der Waals surface area contributed by atoms with Gasteiger partial charge in [-0.15, -0.1) is 0 Å². The molecule has 142 valence electrons. The molecule has 2 amide bonds. The fraction of sp³-hybridized carbons (Fsp3) is 0.105. The number of nitrogens with two attached hydrogens (primary N) is 1. The molecule has 3 aromatic rings. The summed E-state index contributed by atoms with van der Waals surface area (Å²) >= 11 is 0. The molecule has 1 aromatic heterocycles. The van der Waals surface area contributed by atoms with E-state index in [0.717, 1.165) is 17.0 Å². The molecule has 0 bridgehead atoms. The molecule has 0 atom stereocenters. The quantitative estimate of drug-likeness (QED) is 0.703. The summed E-state index contributed by atoms with van der Waals surface area (Å²) in [5, 5.41) is 2.56. The molecule has 0 saturated carbocycles. The fourth-order valence-corrected chi connectivity index (χ4v) is 3.20. The van der Waals surface area contributed by atoms with Crippen LogP contribution in [0.5, 0.6) is 0 Å². The topological polar surface area (TPSA) is 84.1 Å². The van der Waals surface area contributed by atoms with Crippen molar-refractivity contribution in [1.29, 1.82) is 0 Å². The van der Waals surface area contributed by atoms with Crippen molar-refractivity contribution in [3.8, 4) is 11.3 Å². The average molecular weight is 385 g/mol. The summed E-state index contributed by atoms with van der Waals surface area (Å²) in [6.45, 7) is 1.71. The predicted octanol–water partition coefficient (Wildman–Crippen LogP) is 3.81. The number of rotatable bonds is 2. The number of halogens is 3. The number of para-hydroxylation sites is 1. The summed E-state index contributed by atoms with van der Waals surface area (Å²) in [6, 6.07) is 6.63. The van der Waals surface area contributed by atoms with Crippen LogP contribution < -0.4 is 16.0 Å². The Morgan fingerprint density at radius 3 is 2.50 bits per heavy atom. The molecule has 6 nitrogen and oxygen atoms in total. The second-order valence-electron chi connectivity index (χ2n) is 6.26. The van der Waals surface area contributed by atoms with Gasteiger partial charge in [0.1, 0.15) is 23.1 Å². The highest BCUT2D eigenvalue weighted by Crippen LogP contribution is 2.38. The summed E-state index contributed by atoms with van der Waals surface area (Å²) in [5.74, 6) is -2.49. The Morgan fingerprint density at radius 2 is 1.82 bits per heavy atom. The normalized spacial score (nSPS) is 13.3. The molecule has 1 aliphatic rings. The molecule has 9 heteroatoms. The van der Waals surface area contributed by atoms with E-state index in [2.05, 4.69) is 15.3 Å². The van der Waals surface area contributed by atoms with Gasteiger partial charge in [0.05, 0.1) is 12.2 Å². The highest BCUT2D eigenvalue weighted by atomic mass is 19.1. The van der Waals surface area contributed by atoms with Crippen molar-refractivity contribution in [3.05, 3.63) is 65.0 Å². The second-order valence-corrected chi connectivity index (χ2v) is 6.26. The van der Waals surface area contributed by atoms with Gasteiger partial charge in [0, 0.05) is 11.1 Å². The van der Waals surface area contributed by atoms with Crippen molar-refractivity contribution in [3.63, 3.8) is 0 Å². The first kappa shape index (κ1) is 17.8. The Kier molecular flexibility index (Phi) is 4.14. The summed E-state index contributed by atoms with van der Waals surface area (Å²) in [5.41, 5.74) is 7.16. The van der Waals surface area contributed by atoms with Crippen molar-refractivity contribution in [1.82, 2.24) is 15.3 Å². The maximum atomic E-state index is 14.4. The predicted molar refractivity (Wildman–Crippen MR) is 97.3 cm³/mol. The maximum absolute atomic E-state index is 14.4. The first-order chi connectivity index (χ1) is 13.4. The number of nitrogens with one attached hydrogen (secondary N) is 1. The smallest absolute Gasteiger partial charge is 0.328 e. The van der Waals surface area contributed by atoms with Crippen LogP contribution in [0.3, 0.4) is 0 Å². The van der Waals surface area contributed by atoms with E-state index in [1.165, 1.54) is 24.3 Å². The number of nitrogens with zero attached hydrogens (tertiary/aromatic N) is 3. The number of anilines is 3. The third-order valence-corrected chi connectivity index (χ3v) is 4.44. The Balaban J connectivity index is 1.98. The third kappa shape index (κ3) is 2.81. The highest BCUT2D eigenvalue weighted by Gasteiger charge is 2.33. The van der Waals surface area contributed by atoms with E-state index in [9.17, 15) is 18.0 Å². The SMILES string of the molecule is Cc1cc(F)ccc1-c1nc(N)nc2c1CNC(=O)N2c1c(F)cccc1F. The van der Waals surface area contributed by atoms with Gasteiger partial charge >= 0.3 is 6.03 Å². The van der Waals surface area contributed by atoms with E-state index in [0.29, 0.717) is 22.4 Å². The van der Waals surface area contributed by atoms with E-state index in [-0.39, 0.29) is 18.3 Å². The average Bonchev–Trinajstić information content (AvgIpc) is 2.62. The van der Waals surface area contributed by atoms with Gasteiger partial charge in [0.2, 0.25) is 5.95 Å². The maximum Gasteiger partial charge on any atom is 0.328 e. The van der Waals surface area contributed by atoms with E-state index in [1.54, 1.807) is 6.92 Å². The Labute approximate surface area is 157 Å². The van der Waals surface area contributed by atoms with Gasteiger partial charge in [0.25, 0.3) is 0 Å². The number of hydrogen-bond donors (Lipinski definition) is 2. The van der Waals surface area contributed by atoms with Crippen LogP contribution in [0.4, 0.5) is 35.4 Å². The number of carbonyl (C=O) groups is 1. The monoisotopic (exact) mass is 385 g/mol. The number of amides is 2. The molecule has 0 radical (unpaired) electrons. The van der Waals surface area contributed by atoms with Gasteiger partial charge in [-0.1, -0.05) is 6.07 Å². The number of urea groups is 1. The Morgan fingerprint density at radius 1 is 1.11 bits per heavy atom. The first-order valence-corrected chi connectivity index (χ1v) is 8.31. The minimum absolute atomic E-state index is 0.0210. The summed E-state index contributed by atoms with van der Waals surface area (Å²) in [7, 11) is 0. The van der Waals surface area contributed by atoms with Crippen LogP contribution in [-0.4, -0.2) is 16.0 Å². The third-order valence-electron chi connectivity index (χ3n) is 4.44. The van der Waals surface area contributed by atoms with Crippen molar-refractivity contribution in [2.24, 2.45) is 0 Å². The standard InChI is InChI=1S/C19H14F3N5O/c1-9-7-10(20)5-6-11(9)15-12-8-24-19(28)27(17(12)26-18(23)25-15)16-13(21)3-2-4-14(16)22/h2-7H,8H2,1H3,(H,24,28)(H2,23,25,26). The molecule has 2 aromatic carbocycles. The molecule has 1 aliphatic heterocycles. The van der Waals surface area contributed by atoms with Crippen LogP contribution in [0.15, 0.2) is 36.4 Å². The van der Waals surface area contributed by atoms with Crippen LogP contribution in [0.2, 0.25) is 0 Å². The first-order valence-electron chi connectivity index (χ1n) is 8.31. The molecular formula is C19H14F3N5O. The largest absolute Gasteiger partial charge is 0.368 e. The van der Waals surface area contributed by atoms with E-state index < -0.39 is 29.2 Å². The molecule has 3 N–H and O–H groups in total.